The Labute approximate surface area is 154 Å². The Bertz CT molecular complexity index is 800. The van der Waals surface area contributed by atoms with Crippen LogP contribution in [0.15, 0.2) is 72.8 Å². The average molecular weight is 352 g/mol. The molecule has 25 heavy (non-hydrogen) atoms. The van der Waals surface area contributed by atoms with E-state index in [0.29, 0.717) is 18.2 Å². The molecule has 0 unspecified atom stereocenters. The first-order valence-electron chi connectivity index (χ1n) is 8.52. The topological polar surface area (TPSA) is 21.3 Å². The third-order valence-corrected chi connectivity index (χ3v) is 4.34. The van der Waals surface area contributed by atoms with Gasteiger partial charge in [0.15, 0.2) is 0 Å². The molecule has 2 nitrogen and oxygen atoms in total. The molecule has 0 radical (unpaired) electrons. The molecule has 0 aliphatic carbocycles. The summed E-state index contributed by atoms with van der Waals surface area (Å²) in [6, 6.07) is 24.4. The third-order valence-electron chi connectivity index (χ3n) is 4.10. The lowest BCUT2D eigenvalue weighted by molar-refractivity contribution is 0.303. The molecule has 3 aromatic rings. The van der Waals surface area contributed by atoms with Crippen LogP contribution >= 0.6 is 11.6 Å². The van der Waals surface area contributed by atoms with Gasteiger partial charge in [0.05, 0.1) is 0 Å². The Morgan fingerprint density at radius 1 is 0.880 bits per heavy atom. The molecule has 1 N–H and O–H groups in total. The molecular weight excluding hydrogens is 330 g/mol. The molecule has 3 heteroatoms. The van der Waals surface area contributed by atoms with Crippen LogP contribution in [0.4, 0.5) is 5.69 Å². The lowest BCUT2D eigenvalue weighted by atomic mass is 10.1. The molecule has 0 fully saturated rings. The summed E-state index contributed by atoms with van der Waals surface area (Å²) < 4.78 is 6.00. The monoisotopic (exact) mass is 351 g/mol. The molecule has 0 aliphatic heterocycles. The fourth-order valence-corrected chi connectivity index (χ4v) is 2.81. The minimum absolute atomic E-state index is 0.542. The summed E-state index contributed by atoms with van der Waals surface area (Å²) in [6.45, 7) is 3.36. The zero-order valence-corrected chi connectivity index (χ0v) is 15.1. The quantitative estimate of drug-likeness (QED) is 0.555. The van der Waals surface area contributed by atoms with Crippen LogP contribution in [0.5, 0.6) is 5.75 Å². The van der Waals surface area contributed by atoms with Crippen molar-refractivity contribution in [3.63, 3.8) is 0 Å². The van der Waals surface area contributed by atoms with Crippen molar-refractivity contribution in [1.82, 2.24) is 0 Å². The first kappa shape index (κ1) is 17.4. The van der Waals surface area contributed by atoms with Crippen molar-refractivity contribution < 1.29 is 4.74 Å². The maximum absolute atomic E-state index is 6.17. The highest BCUT2D eigenvalue weighted by Crippen LogP contribution is 2.25. The van der Waals surface area contributed by atoms with E-state index in [0.717, 1.165) is 29.0 Å². The van der Waals surface area contributed by atoms with Crippen LogP contribution in [0.2, 0.25) is 5.02 Å². The van der Waals surface area contributed by atoms with Crippen LogP contribution < -0.4 is 10.1 Å². The molecule has 3 aromatic carbocycles. The predicted molar refractivity (Wildman–Crippen MR) is 105 cm³/mol. The van der Waals surface area contributed by atoms with Crippen molar-refractivity contribution in [2.45, 2.75) is 26.5 Å². The van der Waals surface area contributed by atoms with Gasteiger partial charge in [-0.05, 0) is 47.9 Å². The van der Waals surface area contributed by atoms with Crippen LogP contribution in [0, 0.1) is 0 Å². The fourth-order valence-electron chi connectivity index (χ4n) is 2.62. The SMILES string of the molecule is CCc1ccc(NCc2cc(Cl)ccc2OCc2ccccc2)cc1. The molecule has 0 atom stereocenters. The van der Waals surface area contributed by atoms with Crippen LogP contribution in [-0.2, 0) is 19.6 Å². The van der Waals surface area contributed by atoms with Crippen molar-refractivity contribution in [1.29, 1.82) is 0 Å². The smallest absolute Gasteiger partial charge is 0.124 e. The second-order valence-corrected chi connectivity index (χ2v) is 6.37. The van der Waals surface area contributed by atoms with E-state index in [-0.39, 0.29) is 0 Å². The first-order valence-corrected chi connectivity index (χ1v) is 8.90. The van der Waals surface area contributed by atoms with Crippen molar-refractivity contribution in [2.24, 2.45) is 0 Å². The van der Waals surface area contributed by atoms with E-state index in [2.05, 4.69) is 48.6 Å². The first-order chi connectivity index (χ1) is 12.2. The molecule has 3 rings (SSSR count). The number of rotatable bonds is 7. The van der Waals surface area contributed by atoms with Crippen molar-refractivity contribution >= 4 is 17.3 Å². The third kappa shape index (κ3) is 5.01. The number of aryl methyl sites for hydroxylation is 1. The summed E-state index contributed by atoms with van der Waals surface area (Å²) in [5.74, 6) is 0.853. The zero-order valence-electron chi connectivity index (χ0n) is 14.3. The number of halogens is 1. The average Bonchev–Trinajstić information content (AvgIpc) is 2.67. The van der Waals surface area contributed by atoms with Gasteiger partial charge >= 0.3 is 0 Å². The Morgan fingerprint density at radius 2 is 1.64 bits per heavy atom. The minimum atomic E-state index is 0.542. The highest BCUT2D eigenvalue weighted by molar-refractivity contribution is 6.30. The van der Waals surface area contributed by atoms with Gasteiger partial charge in [0, 0.05) is 22.8 Å². The van der Waals surface area contributed by atoms with E-state index in [1.807, 2.05) is 36.4 Å². The summed E-state index contributed by atoms with van der Waals surface area (Å²) in [5, 5.41) is 4.15. The van der Waals surface area contributed by atoms with Gasteiger partial charge in [-0.25, -0.2) is 0 Å². The van der Waals surface area contributed by atoms with Crippen LogP contribution in [0.1, 0.15) is 23.6 Å². The minimum Gasteiger partial charge on any atom is -0.489 e. The molecule has 0 aliphatic rings. The van der Waals surface area contributed by atoms with Crippen LogP contribution in [0.25, 0.3) is 0 Å². The molecule has 0 aromatic heterocycles. The number of ether oxygens (including phenoxy) is 1. The summed E-state index contributed by atoms with van der Waals surface area (Å²) in [4.78, 5) is 0. The standard InChI is InChI=1S/C22H22ClNO/c1-2-17-8-11-21(12-9-17)24-15-19-14-20(23)10-13-22(19)25-16-18-6-4-3-5-7-18/h3-14,24H,2,15-16H2,1H3. The normalized spacial score (nSPS) is 10.5. The predicted octanol–water partition coefficient (Wildman–Crippen LogP) is 6.09. The van der Waals surface area contributed by atoms with E-state index in [9.17, 15) is 0 Å². The lowest BCUT2D eigenvalue weighted by Crippen LogP contribution is -2.04. The molecule has 0 saturated carbocycles. The second-order valence-electron chi connectivity index (χ2n) is 5.93. The van der Waals surface area contributed by atoms with Crippen molar-refractivity contribution in [3.8, 4) is 5.75 Å². The largest absolute Gasteiger partial charge is 0.489 e. The zero-order chi connectivity index (χ0) is 17.5. The maximum atomic E-state index is 6.17. The number of anilines is 1. The van der Waals surface area contributed by atoms with Gasteiger partial charge in [-0.3, -0.25) is 0 Å². The second kappa shape index (κ2) is 8.59. The summed E-state index contributed by atoms with van der Waals surface area (Å²) in [5.41, 5.74) is 4.61. The Morgan fingerprint density at radius 3 is 2.36 bits per heavy atom. The van der Waals surface area contributed by atoms with Crippen LogP contribution in [0.3, 0.4) is 0 Å². The summed E-state index contributed by atoms with van der Waals surface area (Å²) in [7, 11) is 0. The van der Waals surface area contributed by atoms with E-state index in [1.165, 1.54) is 5.56 Å². The van der Waals surface area contributed by atoms with E-state index in [1.54, 1.807) is 0 Å². The lowest BCUT2D eigenvalue weighted by Gasteiger charge is -2.14. The highest BCUT2D eigenvalue weighted by Gasteiger charge is 2.06. The molecule has 0 spiro atoms. The molecule has 0 bridgehead atoms. The number of benzene rings is 3. The fraction of sp³-hybridized carbons (Fsp3) is 0.182. The number of hydrogen-bond donors (Lipinski definition) is 1. The van der Waals surface area contributed by atoms with Gasteiger partial charge in [-0.2, -0.15) is 0 Å². The Hall–Kier alpha value is -2.45. The molecule has 0 heterocycles. The van der Waals surface area contributed by atoms with E-state index in [4.69, 9.17) is 16.3 Å². The Kier molecular flexibility index (Phi) is 5.97. The molecular formula is C22H22ClNO. The van der Waals surface area contributed by atoms with Gasteiger partial charge < -0.3 is 10.1 Å². The highest BCUT2D eigenvalue weighted by atomic mass is 35.5. The maximum Gasteiger partial charge on any atom is 0.124 e. The molecule has 0 saturated heterocycles. The molecule has 128 valence electrons. The van der Waals surface area contributed by atoms with Gasteiger partial charge in [0.1, 0.15) is 12.4 Å². The Balaban J connectivity index is 1.67. The van der Waals surface area contributed by atoms with E-state index >= 15 is 0 Å². The number of hydrogen-bond acceptors (Lipinski definition) is 2. The summed E-state index contributed by atoms with van der Waals surface area (Å²) >= 11 is 6.17. The number of nitrogens with one attached hydrogen (secondary N) is 1. The molecule has 0 amide bonds. The van der Waals surface area contributed by atoms with Crippen LogP contribution in [-0.4, -0.2) is 0 Å². The van der Waals surface area contributed by atoms with Crippen molar-refractivity contribution in [3.05, 3.63) is 94.5 Å². The summed E-state index contributed by atoms with van der Waals surface area (Å²) in [6.07, 6.45) is 1.05. The van der Waals surface area contributed by atoms with Gasteiger partial charge in [-0.1, -0.05) is 61.0 Å². The van der Waals surface area contributed by atoms with Gasteiger partial charge in [0.2, 0.25) is 0 Å². The van der Waals surface area contributed by atoms with Crippen molar-refractivity contribution in [2.75, 3.05) is 5.32 Å². The van der Waals surface area contributed by atoms with Gasteiger partial charge in [-0.15, -0.1) is 0 Å². The van der Waals surface area contributed by atoms with Gasteiger partial charge in [0.25, 0.3) is 0 Å². The van der Waals surface area contributed by atoms with E-state index < -0.39 is 0 Å².